The number of halogens is 1. The molecule has 39 heavy (non-hydrogen) atoms. The quantitative estimate of drug-likeness (QED) is 0.220. The smallest absolute Gasteiger partial charge is 0.333 e. The van der Waals surface area contributed by atoms with Gasteiger partial charge in [0.15, 0.2) is 23.6 Å². The Morgan fingerprint density at radius 2 is 1.54 bits per heavy atom. The number of methoxy groups -OCH3 is 2. The molecule has 3 heterocycles. The van der Waals surface area contributed by atoms with Crippen LogP contribution in [-0.2, 0) is 9.53 Å². The number of hydrogen-bond acceptors (Lipinski definition) is 6. The van der Waals surface area contributed by atoms with E-state index < -0.39 is 6.04 Å². The topological polar surface area (TPSA) is 73.9 Å². The summed E-state index contributed by atoms with van der Waals surface area (Å²) in [7, 11) is 3.15. The van der Waals surface area contributed by atoms with Crippen molar-refractivity contribution in [2.45, 2.75) is 25.0 Å². The van der Waals surface area contributed by atoms with Gasteiger partial charge in [-0.05, 0) is 35.9 Å². The van der Waals surface area contributed by atoms with Gasteiger partial charge in [-0.15, -0.1) is 0 Å². The van der Waals surface area contributed by atoms with E-state index in [1.807, 2.05) is 60.7 Å². The number of esters is 1. The summed E-state index contributed by atoms with van der Waals surface area (Å²) in [4.78, 5) is 26.9. The van der Waals surface area contributed by atoms with E-state index in [0.717, 1.165) is 37.2 Å². The average molecular weight is 596 g/mol. The van der Waals surface area contributed by atoms with Crippen LogP contribution in [0.15, 0.2) is 78.9 Å². The number of ether oxygens (including phenoxy) is 3. The molecule has 0 unspecified atom stereocenters. The van der Waals surface area contributed by atoms with E-state index in [9.17, 15) is 9.59 Å². The highest BCUT2D eigenvalue weighted by atomic mass is 79.9. The zero-order chi connectivity index (χ0) is 26.5. The van der Waals surface area contributed by atoms with Crippen LogP contribution >= 0.6 is 0 Å². The van der Waals surface area contributed by atoms with E-state index in [-0.39, 0.29) is 34.8 Å². The van der Waals surface area contributed by atoms with Crippen LogP contribution in [0, 0.1) is 5.92 Å². The van der Waals surface area contributed by atoms with Gasteiger partial charge in [-0.25, -0.2) is 4.79 Å². The molecule has 0 amide bonds. The molecule has 3 aromatic rings. The fraction of sp³-hybridized carbons (Fsp3) is 0.355. The molecule has 0 spiro atoms. The monoisotopic (exact) mass is 594 g/mol. The summed E-state index contributed by atoms with van der Waals surface area (Å²) < 4.78 is 17.6. The number of fused-ring (bicyclic) bond motifs is 3. The van der Waals surface area contributed by atoms with Crippen LogP contribution < -0.4 is 31.8 Å². The molecule has 1 N–H and O–H groups in total. The zero-order valence-corrected chi connectivity index (χ0v) is 23.9. The molecule has 0 radical (unpaired) electrons. The highest BCUT2D eigenvalue weighted by Gasteiger charge is 2.49. The third kappa shape index (κ3) is 6.45. The molecule has 2 atom stereocenters. The third-order valence-electron chi connectivity index (χ3n) is 7.95. The van der Waals surface area contributed by atoms with Crippen molar-refractivity contribution in [1.82, 2.24) is 0 Å². The number of anilines is 1. The Bertz CT molecular complexity index is 1260. The lowest BCUT2D eigenvalue weighted by molar-refractivity contribution is -0.938. The van der Waals surface area contributed by atoms with E-state index in [4.69, 9.17) is 14.2 Å². The molecule has 0 aromatic heterocycles. The van der Waals surface area contributed by atoms with Crippen molar-refractivity contribution >= 4 is 17.4 Å². The summed E-state index contributed by atoms with van der Waals surface area (Å²) in [5.74, 6) is 1.23. The molecule has 8 heteroatoms. The fourth-order valence-corrected chi connectivity index (χ4v) is 5.82. The molecule has 3 saturated heterocycles. The average Bonchev–Trinajstić information content (AvgIpc) is 2.96. The summed E-state index contributed by atoms with van der Waals surface area (Å²) in [6.45, 7) is 2.87. The maximum atomic E-state index is 13.6. The van der Waals surface area contributed by atoms with Crippen molar-refractivity contribution in [3.63, 3.8) is 0 Å². The van der Waals surface area contributed by atoms with Crippen LogP contribution in [0.4, 0.5) is 5.69 Å². The SMILES string of the molecule is COc1ccc(C(=O)C[N+]23CCC(CC2)[C@@H](OC(=O)[C@H](Nc2ccccc2)c2ccccc2)C3)cc1OC.[Br-]. The lowest BCUT2D eigenvalue weighted by Gasteiger charge is -2.51. The van der Waals surface area contributed by atoms with Crippen LogP contribution in [0.25, 0.3) is 0 Å². The van der Waals surface area contributed by atoms with Crippen molar-refractivity contribution in [2.24, 2.45) is 5.92 Å². The first kappa shape index (κ1) is 28.6. The molecular weight excluding hydrogens is 560 g/mol. The maximum absolute atomic E-state index is 13.6. The molecule has 3 fully saturated rings. The van der Waals surface area contributed by atoms with Gasteiger partial charge in [0.25, 0.3) is 0 Å². The highest BCUT2D eigenvalue weighted by molar-refractivity contribution is 5.97. The molecule has 206 valence electrons. The van der Waals surface area contributed by atoms with Gasteiger partial charge in [0.05, 0.1) is 27.3 Å². The predicted molar refractivity (Wildman–Crippen MR) is 145 cm³/mol. The number of ketones is 1. The Labute approximate surface area is 240 Å². The molecule has 0 saturated carbocycles. The van der Waals surface area contributed by atoms with Gasteiger partial charge in [-0.1, -0.05) is 48.5 Å². The number of carbonyl (C=O) groups excluding carboxylic acids is 2. The van der Waals surface area contributed by atoms with E-state index in [0.29, 0.717) is 40.6 Å². The minimum Gasteiger partial charge on any atom is -1.00 e. The number of Topliss-reactive ketones (excluding diaryl/α,β-unsaturated/α-hetero) is 1. The molecule has 3 aliphatic rings. The Morgan fingerprint density at radius 3 is 2.18 bits per heavy atom. The third-order valence-corrected chi connectivity index (χ3v) is 7.95. The normalized spacial score (nSPS) is 22.2. The second-order valence-corrected chi connectivity index (χ2v) is 10.3. The van der Waals surface area contributed by atoms with E-state index in [1.165, 1.54) is 0 Å². The van der Waals surface area contributed by atoms with Crippen molar-refractivity contribution in [3.8, 4) is 11.5 Å². The molecule has 3 aromatic carbocycles. The van der Waals surface area contributed by atoms with E-state index in [2.05, 4.69) is 5.32 Å². The van der Waals surface area contributed by atoms with Crippen LogP contribution in [-0.4, -0.2) is 62.7 Å². The Kier molecular flexibility index (Phi) is 9.30. The lowest BCUT2D eigenvalue weighted by Crippen LogP contribution is -3.00. The fourth-order valence-electron chi connectivity index (χ4n) is 5.82. The van der Waals surface area contributed by atoms with E-state index in [1.54, 1.807) is 32.4 Å². The van der Waals surface area contributed by atoms with Gasteiger partial charge < -0.3 is 41.0 Å². The highest BCUT2D eigenvalue weighted by Crippen LogP contribution is 2.37. The van der Waals surface area contributed by atoms with Crippen molar-refractivity contribution in [3.05, 3.63) is 90.0 Å². The number of rotatable bonds is 10. The first-order valence-electron chi connectivity index (χ1n) is 13.2. The van der Waals surface area contributed by atoms with Gasteiger partial charge in [-0.2, -0.15) is 0 Å². The van der Waals surface area contributed by atoms with Crippen LogP contribution in [0.2, 0.25) is 0 Å². The van der Waals surface area contributed by atoms with Crippen LogP contribution in [0.1, 0.15) is 34.8 Å². The second-order valence-electron chi connectivity index (χ2n) is 10.3. The van der Waals surface area contributed by atoms with Gasteiger partial charge in [0, 0.05) is 30.0 Å². The second kappa shape index (κ2) is 12.7. The van der Waals surface area contributed by atoms with Crippen molar-refractivity contribution in [2.75, 3.05) is 45.7 Å². The number of benzene rings is 3. The summed E-state index contributed by atoms with van der Waals surface area (Å²) in [5.41, 5.74) is 2.32. The lowest BCUT2D eigenvalue weighted by atomic mass is 9.82. The standard InChI is InChI=1S/C31H35N2O5.BrH/c1-36-27-14-13-24(19-28(27)37-2)26(34)20-33-17-15-22(16-18-33)29(21-33)38-31(35)30(23-9-5-3-6-10-23)32-25-11-7-4-8-12-25;/h3-14,19,22,29-30,32H,15-18,20-21H2,1-2H3;1H/q+1;/p-1/t22?,29-,30+,33?;/m0./s1. The van der Waals surface area contributed by atoms with Gasteiger partial charge in [0.1, 0.15) is 13.1 Å². The number of nitrogens with one attached hydrogen (secondary N) is 1. The largest absolute Gasteiger partial charge is 1.00 e. The summed E-state index contributed by atoms with van der Waals surface area (Å²) in [5, 5.41) is 3.36. The van der Waals surface area contributed by atoms with Gasteiger partial charge in [0.2, 0.25) is 5.78 Å². The Hall–Kier alpha value is -3.36. The summed E-state index contributed by atoms with van der Waals surface area (Å²) in [6.07, 6.45) is 1.67. The molecule has 3 aliphatic heterocycles. The molecule has 6 rings (SSSR count). The Morgan fingerprint density at radius 1 is 0.897 bits per heavy atom. The van der Waals surface area contributed by atoms with Crippen LogP contribution in [0.5, 0.6) is 11.5 Å². The summed E-state index contributed by atoms with van der Waals surface area (Å²) in [6, 6.07) is 24.1. The maximum Gasteiger partial charge on any atom is 0.333 e. The molecule has 2 bridgehead atoms. The number of para-hydroxylation sites is 1. The minimum atomic E-state index is -0.615. The number of hydrogen-bond donors (Lipinski definition) is 1. The number of piperidine rings is 3. The van der Waals surface area contributed by atoms with Crippen LogP contribution in [0.3, 0.4) is 0 Å². The molecule has 7 nitrogen and oxygen atoms in total. The predicted octanol–water partition coefficient (Wildman–Crippen LogP) is 1.90. The van der Waals surface area contributed by atoms with Gasteiger partial charge in [-0.3, -0.25) is 4.79 Å². The zero-order valence-electron chi connectivity index (χ0n) is 22.3. The number of carbonyl (C=O) groups is 2. The van der Waals surface area contributed by atoms with Crippen molar-refractivity contribution in [1.29, 1.82) is 0 Å². The molecule has 0 aliphatic carbocycles. The van der Waals surface area contributed by atoms with Gasteiger partial charge >= 0.3 is 5.97 Å². The van der Waals surface area contributed by atoms with Crippen molar-refractivity contribution < 1.29 is 45.3 Å². The number of quaternary nitrogens is 1. The molecular formula is C31H35BrN2O5. The summed E-state index contributed by atoms with van der Waals surface area (Å²) >= 11 is 0. The van der Waals surface area contributed by atoms with E-state index >= 15 is 0 Å². The number of nitrogens with zero attached hydrogens (tertiary/aromatic N) is 1. The first-order chi connectivity index (χ1) is 18.5. The Balaban J connectivity index is 0.00000353. The minimum absolute atomic E-state index is 0. The first-order valence-corrected chi connectivity index (χ1v) is 13.2.